The van der Waals surface area contributed by atoms with E-state index in [0.29, 0.717) is 11.4 Å². The molecule has 1 heterocycles. The zero-order valence-corrected chi connectivity index (χ0v) is 13.5. The van der Waals surface area contributed by atoms with E-state index < -0.39 is 12.0 Å². The van der Waals surface area contributed by atoms with E-state index in [1.807, 2.05) is 26.0 Å². The highest BCUT2D eigenvalue weighted by Gasteiger charge is 2.39. The van der Waals surface area contributed by atoms with Crippen molar-refractivity contribution in [3.63, 3.8) is 0 Å². The van der Waals surface area contributed by atoms with Crippen LogP contribution in [0.15, 0.2) is 22.7 Å². The van der Waals surface area contributed by atoms with Gasteiger partial charge in [-0.05, 0) is 41.4 Å². The van der Waals surface area contributed by atoms with Crippen molar-refractivity contribution in [1.82, 2.24) is 4.90 Å². The van der Waals surface area contributed by atoms with E-state index in [-0.39, 0.29) is 11.4 Å². The number of anilines is 1. The summed E-state index contributed by atoms with van der Waals surface area (Å²) in [6.07, 6.45) is 0. The van der Waals surface area contributed by atoms with Gasteiger partial charge in [0.2, 0.25) is 0 Å². The Morgan fingerprint density at radius 3 is 2.85 bits per heavy atom. The summed E-state index contributed by atoms with van der Waals surface area (Å²) in [7, 11) is 0. The Hall–Kier alpha value is -1.21. The van der Waals surface area contributed by atoms with Gasteiger partial charge in [0.25, 0.3) is 0 Å². The van der Waals surface area contributed by atoms with Crippen LogP contribution in [-0.2, 0) is 4.79 Å². The van der Waals surface area contributed by atoms with Crippen molar-refractivity contribution in [2.24, 2.45) is 0 Å². The van der Waals surface area contributed by atoms with E-state index in [4.69, 9.17) is 0 Å². The minimum Gasteiger partial charge on any atom is -0.480 e. The van der Waals surface area contributed by atoms with Crippen molar-refractivity contribution in [1.29, 1.82) is 0 Å². The number of hydrogen-bond acceptors (Lipinski definition) is 3. The molecular formula is C13H15BrN2O3S. The second-order valence-corrected chi connectivity index (χ2v) is 6.70. The maximum Gasteiger partial charge on any atom is 0.327 e. The quantitative estimate of drug-likeness (QED) is 0.851. The van der Waals surface area contributed by atoms with Crippen LogP contribution in [-0.4, -0.2) is 39.2 Å². The van der Waals surface area contributed by atoms with Crippen molar-refractivity contribution >= 4 is 45.4 Å². The fourth-order valence-corrected chi connectivity index (χ4v) is 3.60. The van der Waals surface area contributed by atoms with Gasteiger partial charge in [-0.15, -0.1) is 11.8 Å². The first-order chi connectivity index (χ1) is 9.41. The normalized spacial score (nSPS) is 21.9. The molecule has 0 saturated carbocycles. The fraction of sp³-hybridized carbons (Fsp3) is 0.385. The number of aryl methyl sites for hydroxylation is 1. The van der Waals surface area contributed by atoms with Crippen molar-refractivity contribution < 1.29 is 14.7 Å². The molecule has 0 radical (unpaired) electrons. The number of carbonyl (C=O) groups is 2. The number of nitrogens with one attached hydrogen (secondary N) is 1. The summed E-state index contributed by atoms with van der Waals surface area (Å²) in [6.45, 7) is 3.76. The zero-order chi connectivity index (χ0) is 14.9. The molecule has 2 rings (SSSR count). The summed E-state index contributed by atoms with van der Waals surface area (Å²) in [5, 5.41) is 11.8. The van der Waals surface area contributed by atoms with E-state index in [0.717, 1.165) is 10.0 Å². The molecule has 0 bridgehead atoms. The molecular weight excluding hydrogens is 344 g/mol. The summed E-state index contributed by atoms with van der Waals surface area (Å²) in [5.41, 5.74) is 1.64. The summed E-state index contributed by atoms with van der Waals surface area (Å²) >= 11 is 4.88. The highest BCUT2D eigenvalue weighted by atomic mass is 79.9. The number of carboxylic acid groups (broad SMARTS) is 1. The van der Waals surface area contributed by atoms with Crippen molar-refractivity contribution in [3.8, 4) is 0 Å². The maximum atomic E-state index is 12.3. The first kappa shape index (κ1) is 15.2. The number of urea groups is 1. The van der Waals surface area contributed by atoms with Crippen LogP contribution in [0.3, 0.4) is 0 Å². The van der Waals surface area contributed by atoms with Crippen molar-refractivity contribution in [3.05, 3.63) is 28.2 Å². The van der Waals surface area contributed by atoms with Crippen LogP contribution < -0.4 is 5.32 Å². The predicted molar refractivity (Wildman–Crippen MR) is 83.1 cm³/mol. The van der Waals surface area contributed by atoms with Crippen LogP contribution in [0.2, 0.25) is 0 Å². The lowest BCUT2D eigenvalue weighted by molar-refractivity contribution is -0.141. The van der Waals surface area contributed by atoms with Gasteiger partial charge in [-0.2, -0.15) is 0 Å². The van der Waals surface area contributed by atoms with Gasteiger partial charge in [0, 0.05) is 10.2 Å². The molecule has 108 valence electrons. The smallest absolute Gasteiger partial charge is 0.327 e. The number of carbonyl (C=O) groups excluding carboxylic acids is 1. The van der Waals surface area contributed by atoms with E-state index in [2.05, 4.69) is 21.2 Å². The minimum absolute atomic E-state index is 0.153. The number of nitrogens with zero attached hydrogens (tertiary/aromatic N) is 1. The van der Waals surface area contributed by atoms with E-state index in [1.165, 1.54) is 16.7 Å². The van der Waals surface area contributed by atoms with Gasteiger partial charge < -0.3 is 10.4 Å². The zero-order valence-electron chi connectivity index (χ0n) is 11.1. The molecule has 1 aliphatic rings. The number of amides is 2. The lowest BCUT2D eigenvalue weighted by Gasteiger charge is -2.25. The average Bonchev–Trinajstić information content (AvgIpc) is 2.77. The molecule has 20 heavy (non-hydrogen) atoms. The Balaban J connectivity index is 2.19. The Kier molecular flexibility index (Phi) is 4.59. The van der Waals surface area contributed by atoms with Crippen LogP contribution in [0.5, 0.6) is 0 Å². The molecule has 2 amide bonds. The van der Waals surface area contributed by atoms with Gasteiger partial charge in [-0.3, -0.25) is 4.90 Å². The maximum absolute atomic E-state index is 12.3. The van der Waals surface area contributed by atoms with Crippen molar-refractivity contribution in [2.45, 2.75) is 25.3 Å². The predicted octanol–water partition coefficient (Wildman–Crippen LogP) is 3.14. The van der Waals surface area contributed by atoms with Gasteiger partial charge in [0.1, 0.15) is 6.04 Å². The van der Waals surface area contributed by atoms with Gasteiger partial charge in [-0.25, -0.2) is 9.59 Å². The van der Waals surface area contributed by atoms with Crippen LogP contribution in [0, 0.1) is 6.92 Å². The first-order valence-electron chi connectivity index (χ1n) is 6.10. The molecule has 0 aliphatic carbocycles. The van der Waals surface area contributed by atoms with Crippen molar-refractivity contribution in [2.75, 3.05) is 11.1 Å². The first-order valence-corrected chi connectivity index (χ1v) is 7.95. The van der Waals surface area contributed by atoms with Gasteiger partial charge in [0.15, 0.2) is 0 Å². The van der Waals surface area contributed by atoms with Gasteiger partial charge in [-0.1, -0.05) is 12.1 Å². The van der Waals surface area contributed by atoms with Crippen LogP contribution in [0.25, 0.3) is 0 Å². The topological polar surface area (TPSA) is 69.6 Å². The van der Waals surface area contributed by atoms with Crippen LogP contribution >= 0.6 is 27.7 Å². The van der Waals surface area contributed by atoms with Gasteiger partial charge >= 0.3 is 12.0 Å². The number of halogens is 1. The Bertz CT molecular complexity index is 552. The number of carboxylic acids is 1. The van der Waals surface area contributed by atoms with Crippen LogP contribution in [0.1, 0.15) is 12.5 Å². The fourth-order valence-electron chi connectivity index (χ4n) is 2.07. The van der Waals surface area contributed by atoms with Crippen LogP contribution in [0.4, 0.5) is 10.5 Å². The molecule has 1 aromatic carbocycles. The van der Waals surface area contributed by atoms with E-state index in [1.54, 1.807) is 6.07 Å². The molecule has 5 nitrogen and oxygen atoms in total. The number of rotatable bonds is 2. The second kappa shape index (κ2) is 6.05. The number of thioether (sulfide) groups is 1. The molecule has 2 atom stereocenters. The molecule has 1 aromatic rings. The molecule has 2 N–H and O–H groups in total. The summed E-state index contributed by atoms with van der Waals surface area (Å²) in [4.78, 5) is 24.9. The highest BCUT2D eigenvalue weighted by Crippen LogP contribution is 2.31. The largest absolute Gasteiger partial charge is 0.480 e. The Morgan fingerprint density at radius 2 is 2.20 bits per heavy atom. The SMILES string of the molecule is Cc1cccc(NC(=O)N2C(C)SCC2C(=O)O)c1Br. The lowest BCUT2D eigenvalue weighted by Crippen LogP contribution is -2.46. The molecule has 7 heteroatoms. The monoisotopic (exact) mass is 358 g/mol. The molecule has 0 spiro atoms. The minimum atomic E-state index is -0.972. The molecule has 1 fully saturated rings. The standard InChI is InChI=1S/C13H15BrN2O3S/c1-7-4-3-5-9(11(7)14)15-13(19)16-8(2)20-6-10(16)12(17)18/h3-5,8,10H,6H2,1-2H3,(H,15,19)(H,17,18). The number of aliphatic carboxylic acids is 1. The third kappa shape index (κ3) is 2.93. The summed E-state index contributed by atoms with van der Waals surface area (Å²) in [5.74, 6) is -0.556. The van der Waals surface area contributed by atoms with E-state index in [9.17, 15) is 14.7 Å². The third-order valence-electron chi connectivity index (χ3n) is 3.18. The number of hydrogen-bond donors (Lipinski definition) is 2. The number of benzene rings is 1. The van der Waals surface area contributed by atoms with E-state index >= 15 is 0 Å². The summed E-state index contributed by atoms with van der Waals surface area (Å²) in [6, 6.07) is 4.37. The van der Waals surface area contributed by atoms with Gasteiger partial charge in [0.05, 0.1) is 11.1 Å². The Labute approximate surface area is 129 Å². The average molecular weight is 359 g/mol. The molecule has 1 aliphatic heterocycles. The summed E-state index contributed by atoms with van der Waals surface area (Å²) < 4.78 is 0.805. The molecule has 2 unspecified atom stereocenters. The lowest BCUT2D eigenvalue weighted by atomic mass is 10.2. The second-order valence-electron chi connectivity index (χ2n) is 4.56. The highest BCUT2D eigenvalue weighted by molar-refractivity contribution is 9.10. The third-order valence-corrected chi connectivity index (χ3v) is 5.45. The Morgan fingerprint density at radius 1 is 1.50 bits per heavy atom. The molecule has 0 aromatic heterocycles. The molecule has 1 saturated heterocycles.